The number of oxime groups is 1. The van der Waals surface area contributed by atoms with Gasteiger partial charge in [-0.25, -0.2) is 9.78 Å². The summed E-state index contributed by atoms with van der Waals surface area (Å²) in [7, 11) is 0. The van der Waals surface area contributed by atoms with Gasteiger partial charge in [0.2, 0.25) is 5.60 Å². The number of nitrogens with zero attached hydrogens (tertiary/aromatic N) is 2. The molecule has 6 aromatic carbocycles. The lowest BCUT2D eigenvalue weighted by molar-refractivity contribution is -0.129. The van der Waals surface area contributed by atoms with E-state index in [1.807, 2.05) is 109 Å². The van der Waals surface area contributed by atoms with Crippen LogP contribution < -0.4 is 5.32 Å². The minimum absolute atomic E-state index is 0.723. The van der Waals surface area contributed by atoms with Crippen LogP contribution in [0.1, 0.15) is 33.4 Å². The van der Waals surface area contributed by atoms with Crippen LogP contribution >= 0.6 is 11.3 Å². The zero-order valence-electron chi connectivity index (χ0n) is 27.0. The third-order valence-corrected chi connectivity index (χ3v) is 9.47. The Kier molecular flexibility index (Phi) is 9.31. The number of hydrogen-bond acceptors (Lipinski definition) is 6. The van der Waals surface area contributed by atoms with Gasteiger partial charge in [-0.3, -0.25) is 0 Å². The molecule has 0 aliphatic heterocycles. The molecule has 1 aromatic heterocycles. The molecule has 244 valence electrons. The summed E-state index contributed by atoms with van der Waals surface area (Å²) >= 11 is 1.52. The molecule has 0 aliphatic carbocycles. The number of carbonyl (C=O) groups is 1. The molecule has 7 rings (SSSR count). The van der Waals surface area contributed by atoms with Gasteiger partial charge in [0, 0.05) is 27.6 Å². The highest BCUT2D eigenvalue weighted by atomic mass is 32.1. The summed E-state index contributed by atoms with van der Waals surface area (Å²) in [5, 5.41) is 20.1. The summed E-state index contributed by atoms with van der Waals surface area (Å²) in [6.07, 6.45) is 0.768. The van der Waals surface area contributed by atoms with Gasteiger partial charge in [-0.2, -0.15) is 0 Å². The Morgan fingerprint density at radius 2 is 1.04 bits per heavy atom. The van der Waals surface area contributed by atoms with Crippen molar-refractivity contribution < 1.29 is 14.7 Å². The van der Waals surface area contributed by atoms with Crippen molar-refractivity contribution in [3.8, 4) is 11.3 Å². The Bertz CT molecular complexity index is 2050. The van der Waals surface area contributed by atoms with Crippen LogP contribution in [0.2, 0.25) is 0 Å². The van der Waals surface area contributed by atoms with Gasteiger partial charge in [0.1, 0.15) is 5.54 Å². The zero-order valence-corrected chi connectivity index (χ0v) is 27.8. The molecule has 0 unspecified atom stereocenters. The van der Waals surface area contributed by atoms with Crippen LogP contribution in [0.5, 0.6) is 0 Å². The standard InChI is InChI=1S/C43H33N3O3S/c47-40(48)30-44-49-43(35-24-12-4-13-25-35,36-26-14-5-15-27-36)38-29-17-16-28-37(38)39-31-50-41(45-39)46-42(32-18-6-1-7-19-32,33-20-8-2-9-21-33)34-22-10-3-11-23-34/h1-31H,(H,45,46)(H,47,48)/b44-30+. The van der Waals surface area contributed by atoms with Crippen LogP contribution in [0, 0.1) is 0 Å². The molecule has 0 bridgehead atoms. The number of hydrogen-bond donors (Lipinski definition) is 2. The van der Waals surface area contributed by atoms with Gasteiger partial charge in [0.05, 0.1) is 5.69 Å². The number of aromatic nitrogens is 1. The summed E-state index contributed by atoms with van der Waals surface area (Å²) in [6.45, 7) is 0. The van der Waals surface area contributed by atoms with Crippen molar-refractivity contribution in [3.05, 3.63) is 215 Å². The summed E-state index contributed by atoms with van der Waals surface area (Å²) in [5.41, 5.74) is 5.06. The van der Waals surface area contributed by atoms with Crippen molar-refractivity contribution in [2.75, 3.05) is 5.32 Å². The molecule has 0 saturated heterocycles. The molecule has 6 nitrogen and oxygen atoms in total. The molecular formula is C43H33N3O3S. The van der Waals surface area contributed by atoms with E-state index in [1.54, 1.807) is 0 Å². The molecule has 1 heterocycles. The Morgan fingerprint density at radius 1 is 0.620 bits per heavy atom. The second-order valence-corrected chi connectivity index (χ2v) is 12.5. The van der Waals surface area contributed by atoms with Crippen LogP contribution in [0.15, 0.2) is 186 Å². The molecule has 7 heteroatoms. The fourth-order valence-electron chi connectivity index (χ4n) is 6.54. The van der Waals surface area contributed by atoms with Crippen molar-refractivity contribution in [2.45, 2.75) is 11.1 Å². The maximum Gasteiger partial charge on any atom is 0.350 e. The number of nitrogens with one attached hydrogen (secondary N) is 1. The number of benzene rings is 6. The SMILES string of the molecule is O=C(O)/C=N/OC(c1ccccc1)(c1ccccc1)c1ccccc1-c1csc(NC(c2ccccc2)(c2ccccc2)c2ccccc2)n1. The molecule has 0 spiro atoms. The van der Waals surface area contributed by atoms with Gasteiger partial charge in [-0.1, -0.05) is 181 Å². The summed E-state index contributed by atoms with van der Waals surface area (Å²) in [4.78, 5) is 23.2. The third-order valence-electron chi connectivity index (χ3n) is 8.71. The molecule has 7 aromatic rings. The van der Waals surface area contributed by atoms with E-state index in [1.165, 1.54) is 11.3 Å². The number of thiazole rings is 1. The smallest absolute Gasteiger partial charge is 0.350 e. The number of carboxylic acid groups (broad SMARTS) is 1. The molecular weight excluding hydrogens is 639 g/mol. The number of carboxylic acids is 1. The maximum atomic E-state index is 11.6. The molecule has 0 saturated carbocycles. The second kappa shape index (κ2) is 14.4. The highest BCUT2D eigenvalue weighted by molar-refractivity contribution is 7.14. The predicted octanol–water partition coefficient (Wildman–Crippen LogP) is 9.59. The van der Waals surface area contributed by atoms with E-state index in [-0.39, 0.29) is 0 Å². The molecule has 0 radical (unpaired) electrons. The summed E-state index contributed by atoms with van der Waals surface area (Å²) in [6, 6.07) is 58.6. The van der Waals surface area contributed by atoms with E-state index in [4.69, 9.17) is 9.82 Å². The predicted molar refractivity (Wildman–Crippen MR) is 200 cm³/mol. The Labute approximate surface area is 295 Å². The minimum Gasteiger partial charge on any atom is -0.477 e. The number of aliphatic carboxylic acids is 1. The van der Waals surface area contributed by atoms with Crippen LogP contribution in [0.3, 0.4) is 0 Å². The highest BCUT2D eigenvalue weighted by Crippen LogP contribution is 2.46. The van der Waals surface area contributed by atoms with Gasteiger partial charge < -0.3 is 15.3 Å². The van der Waals surface area contributed by atoms with Crippen molar-refractivity contribution >= 4 is 28.7 Å². The molecule has 2 N–H and O–H groups in total. The summed E-state index contributed by atoms with van der Waals surface area (Å²) in [5.74, 6) is -1.21. The fraction of sp³-hybridized carbons (Fsp3) is 0.0465. The Hall–Kier alpha value is -6.31. The Balaban J connectivity index is 1.40. The van der Waals surface area contributed by atoms with E-state index in [0.29, 0.717) is 0 Å². The first-order chi connectivity index (χ1) is 24.6. The van der Waals surface area contributed by atoms with Crippen LogP contribution in [-0.4, -0.2) is 22.3 Å². The topological polar surface area (TPSA) is 83.8 Å². The first kappa shape index (κ1) is 32.2. The van der Waals surface area contributed by atoms with E-state index >= 15 is 0 Å². The van der Waals surface area contributed by atoms with Crippen molar-refractivity contribution in [2.24, 2.45) is 5.16 Å². The quantitative estimate of drug-likeness (QED) is 0.0768. The lowest BCUT2D eigenvalue weighted by Gasteiger charge is -2.36. The van der Waals surface area contributed by atoms with Gasteiger partial charge in [0.15, 0.2) is 11.3 Å². The average Bonchev–Trinajstić information content (AvgIpc) is 3.66. The molecule has 50 heavy (non-hydrogen) atoms. The average molecular weight is 672 g/mol. The fourth-order valence-corrected chi connectivity index (χ4v) is 7.30. The van der Waals surface area contributed by atoms with Gasteiger partial charge >= 0.3 is 5.97 Å². The van der Waals surface area contributed by atoms with Crippen molar-refractivity contribution in [3.63, 3.8) is 0 Å². The van der Waals surface area contributed by atoms with E-state index in [0.717, 1.165) is 56.0 Å². The van der Waals surface area contributed by atoms with Gasteiger partial charge in [0.25, 0.3) is 0 Å². The third kappa shape index (κ3) is 6.18. The van der Waals surface area contributed by atoms with Crippen LogP contribution in [-0.2, 0) is 20.8 Å². The molecule has 0 amide bonds. The number of rotatable bonds is 12. The first-order valence-corrected chi connectivity index (χ1v) is 17.0. The second-order valence-electron chi connectivity index (χ2n) is 11.6. The van der Waals surface area contributed by atoms with Crippen molar-refractivity contribution in [1.29, 1.82) is 0 Å². The molecule has 0 fully saturated rings. The van der Waals surface area contributed by atoms with Crippen molar-refractivity contribution in [1.82, 2.24) is 4.98 Å². The van der Waals surface area contributed by atoms with E-state index in [2.05, 4.69) is 83.3 Å². The summed E-state index contributed by atoms with van der Waals surface area (Å²) < 4.78 is 0. The van der Waals surface area contributed by atoms with E-state index < -0.39 is 17.1 Å². The lowest BCUT2D eigenvalue weighted by atomic mass is 9.77. The first-order valence-electron chi connectivity index (χ1n) is 16.2. The highest BCUT2D eigenvalue weighted by Gasteiger charge is 2.42. The molecule has 0 aliphatic rings. The number of anilines is 1. The molecule has 0 atom stereocenters. The largest absolute Gasteiger partial charge is 0.477 e. The van der Waals surface area contributed by atoms with Gasteiger partial charge in [-0.05, 0) is 16.7 Å². The maximum absolute atomic E-state index is 11.6. The van der Waals surface area contributed by atoms with Crippen LogP contribution in [0.25, 0.3) is 11.3 Å². The Morgan fingerprint density at radius 3 is 1.50 bits per heavy atom. The lowest BCUT2D eigenvalue weighted by Crippen LogP contribution is -2.38. The monoisotopic (exact) mass is 671 g/mol. The van der Waals surface area contributed by atoms with E-state index in [9.17, 15) is 9.90 Å². The van der Waals surface area contributed by atoms with Crippen LogP contribution in [0.4, 0.5) is 5.13 Å². The minimum atomic E-state index is -1.30. The normalized spacial score (nSPS) is 11.7. The zero-order chi connectivity index (χ0) is 34.2. The van der Waals surface area contributed by atoms with Gasteiger partial charge in [-0.15, -0.1) is 11.3 Å².